The highest BCUT2D eigenvalue weighted by Gasteiger charge is 2.29. The Bertz CT molecular complexity index is 472. The average molecular weight is 265 g/mol. The van der Waals surface area contributed by atoms with Crippen LogP contribution < -0.4 is 11.3 Å². The maximum atomic E-state index is 11.6. The average Bonchev–Trinajstić information content (AvgIpc) is 2.74. The van der Waals surface area contributed by atoms with Crippen molar-refractivity contribution in [2.24, 2.45) is 5.92 Å². The van der Waals surface area contributed by atoms with Gasteiger partial charge in [-0.05, 0) is 31.4 Å². The van der Waals surface area contributed by atoms with Crippen molar-refractivity contribution in [3.05, 3.63) is 28.7 Å². The molecule has 3 N–H and O–H groups in total. The van der Waals surface area contributed by atoms with Crippen molar-refractivity contribution in [3.63, 3.8) is 0 Å². The summed E-state index contributed by atoms with van der Waals surface area (Å²) in [5.41, 5.74) is 6.28. The van der Waals surface area contributed by atoms with Crippen LogP contribution in [0, 0.1) is 5.92 Å². The molecule has 0 bridgehead atoms. The second-order valence-corrected chi connectivity index (χ2v) is 5.40. The molecule has 0 aliphatic carbocycles. The largest absolute Gasteiger partial charge is 0.398 e. The van der Waals surface area contributed by atoms with Gasteiger partial charge in [-0.1, -0.05) is 6.92 Å². The van der Waals surface area contributed by atoms with Crippen LogP contribution in [0.3, 0.4) is 0 Å². The molecule has 106 valence electrons. The number of anilines is 1. The Morgan fingerprint density at radius 1 is 1.42 bits per heavy atom. The van der Waals surface area contributed by atoms with Gasteiger partial charge in [-0.2, -0.15) is 0 Å². The fourth-order valence-electron chi connectivity index (χ4n) is 2.83. The van der Waals surface area contributed by atoms with Gasteiger partial charge in [0.25, 0.3) is 5.56 Å². The Labute approximate surface area is 113 Å². The Morgan fingerprint density at radius 2 is 2.21 bits per heavy atom. The van der Waals surface area contributed by atoms with E-state index in [9.17, 15) is 9.90 Å². The van der Waals surface area contributed by atoms with Crippen molar-refractivity contribution in [3.8, 4) is 0 Å². The number of hydrogen-bond donors (Lipinski definition) is 2. The normalized spacial score (nSPS) is 23.9. The highest BCUT2D eigenvalue weighted by Crippen LogP contribution is 2.23. The van der Waals surface area contributed by atoms with Gasteiger partial charge in [0.2, 0.25) is 0 Å². The van der Waals surface area contributed by atoms with Crippen LogP contribution in [0.1, 0.15) is 19.8 Å². The number of hydrogen-bond acceptors (Lipinski definition) is 4. The number of aryl methyl sites for hydroxylation is 1. The molecule has 1 aliphatic heterocycles. The van der Waals surface area contributed by atoms with Gasteiger partial charge in [-0.15, -0.1) is 0 Å². The van der Waals surface area contributed by atoms with Crippen LogP contribution in [0.25, 0.3) is 0 Å². The van der Waals surface area contributed by atoms with Crippen LogP contribution in [0.5, 0.6) is 0 Å². The number of aliphatic hydroxyl groups is 1. The molecule has 2 rings (SSSR count). The fraction of sp³-hybridized carbons (Fsp3) is 0.643. The second kappa shape index (κ2) is 6.21. The summed E-state index contributed by atoms with van der Waals surface area (Å²) < 4.78 is 1.66. The quantitative estimate of drug-likeness (QED) is 0.814. The van der Waals surface area contributed by atoms with Crippen LogP contribution in [0.15, 0.2) is 23.1 Å². The smallest absolute Gasteiger partial charge is 0.250 e. The third-order valence-corrected chi connectivity index (χ3v) is 4.04. The molecule has 19 heavy (non-hydrogen) atoms. The molecule has 0 spiro atoms. The van der Waals surface area contributed by atoms with E-state index in [-0.39, 0.29) is 18.2 Å². The minimum absolute atomic E-state index is 0.0114. The van der Waals surface area contributed by atoms with Gasteiger partial charge < -0.3 is 15.4 Å². The molecule has 2 unspecified atom stereocenters. The highest BCUT2D eigenvalue weighted by molar-refractivity contribution is 5.33. The first-order chi connectivity index (χ1) is 9.11. The summed E-state index contributed by atoms with van der Waals surface area (Å²) in [6, 6.07) is 3.41. The van der Waals surface area contributed by atoms with Crippen molar-refractivity contribution < 1.29 is 5.11 Å². The molecular formula is C14H23N3O2. The lowest BCUT2D eigenvalue weighted by molar-refractivity contribution is 0.137. The SMILES string of the molecule is CC1CCN(CCCn2cc(N)ccc2=O)C1CO. The van der Waals surface area contributed by atoms with Gasteiger partial charge in [-0.25, -0.2) is 0 Å². The summed E-state index contributed by atoms with van der Waals surface area (Å²) >= 11 is 0. The van der Waals surface area contributed by atoms with E-state index < -0.39 is 0 Å². The summed E-state index contributed by atoms with van der Waals surface area (Å²) in [6.45, 7) is 5.03. The lowest BCUT2D eigenvalue weighted by Crippen LogP contribution is -2.36. The predicted molar refractivity (Wildman–Crippen MR) is 76.0 cm³/mol. The predicted octanol–water partition coefficient (Wildman–Crippen LogP) is 0.523. The Hall–Kier alpha value is -1.33. The number of rotatable bonds is 5. The van der Waals surface area contributed by atoms with Gasteiger partial charge in [0, 0.05) is 37.1 Å². The molecule has 1 aromatic heterocycles. The molecule has 1 saturated heterocycles. The minimum atomic E-state index is -0.0114. The van der Waals surface area contributed by atoms with Crippen molar-refractivity contribution in [1.82, 2.24) is 9.47 Å². The van der Waals surface area contributed by atoms with Crippen LogP contribution in [-0.2, 0) is 6.54 Å². The van der Waals surface area contributed by atoms with E-state index in [0.29, 0.717) is 18.2 Å². The van der Waals surface area contributed by atoms with Gasteiger partial charge in [0.15, 0.2) is 0 Å². The molecule has 0 saturated carbocycles. The number of pyridine rings is 1. The molecule has 2 heterocycles. The highest BCUT2D eigenvalue weighted by atomic mass is 16.3. The third-order valence-electron chi connectivity index (χ3n) is 4.04. The number of nitrogens with zero attached hydrogens (tertiary/aromatic N) is 2. The van der Waals surface area contributed by atoms with Gasteiger partial charge in [0.1, 0.15) is 0 Å². The van der Waals surface area contributed by atoms with E-state index in [1.165, 1.54) is 6.07 Å². The first kappa shape index (κ1) is 14.1. The molecule has 1 aliphatic rings. The van der Waals surface area contributed by atoms with E-state index in [0.717, 1.165) is 25.9 Å². The van der Waals surface area contributed by atoms with Gasteiger partial charge in [0.05, 0.1) is 6.61 Å². The molecule has 1 aromatic rings. The van der Waals surface area contributed by atoms with Crippen molar-refractivity contribution in [2.45, 2.75) is 32.4 Å². The summed E-state index contributed by atoms with van der Waals surface area (Å²) in [5, 5.41) is 9.39. The molecule has 5 nitrogen and oxygen atoms in total. The van der Waals surface area contributed by atoms with Crippen molar-refractivity contribution in [1.29, 1.82) is 0 Å². The summed E-state index contributed by atoms with van der Waals surface area (Å²) in [4.78, 5) is 13.9. The van der Waals surface area contributed by atoms with E-state index >= 15 is 0 Å². The van der Waals surface area contributed by atoms with Crippen LogP contribution in [0.2, 0.25) is 0 Å². The van der Waals surface area contributed by atoms with E-state index in [2.05, 4.69) is 11.8 Å². The summed E-state index contributed by atoms with van der Waals surface area (Å²) in [6.07, 6.45) is 3.73. The van der Waals surface area contributed by atoms with Crippen molar-refractivity contribution >= 4 is 5.69 Å². The zero-order valence-corrected chi connectivity index (χ0v) is 11.5. The second-order valence-electron chi connectivity index (χ2n) is 5.40. The Balaban J connectivity index is 1.87. The molecule has 1 fully saturated rings. The first-order valence-electron chi connectivity index (χ1n) is 6.92. The molecule has 0 amide bonds. The molecule has 0 radical (unpaired) electrons. The van der Waals surface area contributed by atoms with E-state index in [1.807, 2.05) is 0 Å². The lowest BCUT2D eigenvalue weighted by Gasteiger charge is -2.24. The zero-order chi connectivity index (χ0) is 13.8. The van der Waals surface area contributed by atoms with E-state index in [4.69, 9.17) is 5.73 Å². The topological polar surface area (TPSA) is 71.5 Å². The maximum Gasteiger partial charge on any atom is 0.250 e. The summed E-state index contributed by atoms with van der Waals surface area (Å²) in [7, 11) is 0. The molecule has 0 aromatic carbocycles. The van der Waals surface area contributed by atoms with Gasteiger partial charge in [-0.3, -0.25) is 9.69 Å². The Morgan fingerprint density at radius 3 is 2.95 bits per heavy atom. The minimum Gasteiger partial charge on any atom is -0.398 e. The Kier molecular flexibility index (Phi) is 4.61. The molecule has 2 atom stereocenters. The number of aromatic nitrogens is 1. The first-order valence-corrected chi connectivity index (χ1v) is 6.92. The lowest BCUT2D eigenvalue weighted by atomic mass is 10.0. The number of aliphatic hydroxyl groups excluding tert-OH is 1. The standard InChI is InChI=1S/C14H23N3O2/c1-11-5-8-16(13(11)10-18)6-2-7-17-9-12(15)3-4-14(17)19/h3-4,9,11,13,18H,2,5-8,10,15H2,1H3. The van der Waals surface area contributed by atoms with Crippen LogP contribution in [0.4, 0.5) is 5.69 Å². The van der Waals surface area contributed by atoms with E-state index in [1.54, 1.807) is 16.8 Å². The van der Waals surface area contributed by atoms with Crippen molar-refractivity contribution in [2.75, 3.05) is 25.4 Å². The van der Waals surface area contributed by atoms with Gasteiger partial charge >= 0.3 is 0 Å². The molecule has 5 heteroatoms. The summed E-state index contributed by atoms with van der Waals surface area (Å²) in [5.74, 6) is 0.556. The number of nitrogens with two attached hydrogens (primary N) is 1. The fourth-order valence-corrected chi connectivity index (χ4v) is 2.83. The monoisotopic (exact) mass is 265 g/mol. The zero-order valence-electron chi connectivity index (χ0n) is 11.5. The third kappa shape index (κ3) is 3.36. The van der Waals surface area contributed by atoms with Crippen LogP contribution in [-0.4, -0.2) is 40.3 Å². The maximum absolute atomic E-state index is 11.6. The van der Waals surface area contributed by atoms with Crippen LogP contribution >= 0.6 is 0 Å². The number of nitrogen functional groups attached to an aromatic ring is 1. The number of likely N-dealkylation sites (tertiary alicyclic amines) is 1. The molecular weight excluding hydrogens is 242 g/mol.